The molecular formula is C68H53Cl2SiZr. The molecule has 12 rings (SSSR count). The van der Waals surface area contributed by atoms with Crippen molar-refractivity contribution in [2.24, 2.45) is 0 Å². The van der Waals surface area contributed by atoms with Gasteiger partial charge in [0.15, 0.2) is 0 Å². The average Bonchev–Trinajstić information content (AvgIpc) is 4.06. The van der Waals surface area contributed by atoms with Crippen molar-refractivity contribution in [2.75, 3.05) is 0 Å². The SMILES string of the molecule is C[SiH](C)[Zr]([Cl])([Cl])([CH]1C(c2ccccc2)=Cc2c1ccc(-c1ccccc1)c2-c1ccccc1-c1ccccc1)[CH]1C(c2ccccc2)=Cc2c1ccc(-c1ccccc1)c2-c1ccccc1-c1ccccc1. The molecule has 0 nitrogen and oxygen atoms in total. The molecule has 0 radical (unpaired) electrons. The third kappa shape index (κ3) is 7.83. The van der Waals surface area contributed by atoms with E-state index in [0.717, 1.165) is 0 Å². The van der Waals surface area contributed by atoms with Gasteiger partial charge in [-0.2, -0.15) is 0 Å². The molecule has 0 spiro atoms. The van der Waals surface area contributed by atoms with Crippen molar-refractivity contribution in [2.45, 2.75) is 20.3 Å². The number of allylic oxidation sites excluding steroid dienone is 2. The standard InChI is InChI=1S/2C33H23.C2H7Si.2ClH.Zr/c2*1-4-12-24(13-5-1)28-22-27-20-21-30(26-16-8-3-9-17-26)33(32(27)23-28)31-19-11-10-18-29(31)25-14-6-2-7-15-25;1-3-2;;;/h2*1-23H;3H,1-2H3;2*1H;/q;;;;;+2/p-2. The van der Waals surface area contributed by atoms with Gasteiger partial charge in [-0.15, -0.1) is 0 Å². The fourth-order valence-corrected chi connectivity index (χ4v) is 42.2. The maximum atomic E-state index is 9.41. The van der Waals surface area contributed by atoms with Crippen LogP contribution in [-0.4, -0.2) is 5.92 Å². The molecule has 0 N–H and O–H groups in total. The first-order valence-electron chi connectivity index (χ1n) is 25.1. The van der Waals surface area contributed by atoms with E-state index in [9.17, 15) is 17.0 Å². The predicted molar refractivity (Wildman–Crippen MR) is 310 cm³/mol. The minimum atomic E-state index is -5.57. The first-order valence-corrected chi connectivity index (χ1v) is 41.5. The molecule has 2 aliphatic carbocycles. The van der Waals surface area contributed by atoms with Gasteiger partial charge in [-0.3, -0.25) is 0 Å². The molecule has 10 aromatic carbocycles. The Labute approximate surface area is 433 Å². The minimum absolute atomic E-state index is 0.219. The Kier molecular flexibility index (Phi) is 12.3. The Morgan fingerprint density at radius 1 is 0.292 bits per heavy atom. The molecule has 0 amide bonds. The number of hydrogen-bond acceptors (Lipinski definition) is 0. The molecule has 0 saturated heterocycles. The van der Waals surface area contributed by atoms with Crippen molar-refractivity contribution in [3.05, 3.63) is 288 Å². The summed E-state index contributed by atoms with van der Waals surface area (Å²) in [7, 11) is 18.8. The second-order valence-electron chi connectivity index (χ2n) is 19.7. The molecule has 0 aromatic heterocycles. The monoisotopic (exact) mass is 1060 g/mol. The molecule has 347 valence electrons. The molecule has 4 heteroatoms. The molecular weight excluding hydrogens is 1010 g/mol. The summed E-state index contributed by atoms with van der Waals surface area (Å²) >= 11 is -5.57. The number of halogens is 2. The van der Waals surface area contributed by atoms with Gasteiger partial charge in [0.25, 0.3) is 0 Å². The van der Waals surface area contributed by atoms with Crippen LogP contribution in [0.3, 0.4) is 0 Å². The Morgan fingerprint density at radius 2 is 0.556 bits per heavy atom. The zero-order valence-corrected chi connectivity index (χ0v) is 45.5. The van der Waals surface area contributed by atoms with Crippen LogP contribution >= 0.6 is 17.0 Å². The summed E-state index contributed by atoms with van der Waals surface area (Å²) in [5.41, 5.74) is 23.9. The van der Waals surface area contributed by atoms with E-state index in [1.54, 1.807) is 0 Å². The Morgan fingerprint density at radius 3 is 0.861 bits per heavy atom. The van der Waals surface area contributed by atoms with Gasteiger partial charge in [0, 0.05) is 0 Å². The van der Waals surface area contributed by atoms with Crippen molar-refractivity contribution in [3.8, 4) is 66.8 Å². The Bertz CT molecular complexity index is 3440. The summed E-state index contributed by atoms with van der Waals surface area (Å²) in [6.07, 6.45) is 4.99. The third-order valence-corrected chi connectivity index (χ3v) is 67.1. The molecule has 2 unspecified atom stereocenters. The van der Waals surface area contributed by atoms with E-state index in [-0.39, 0.29) is 7.25 Å². The van der Waals surface area contributed by atoms with Crippen LogP contribution in [0.1, 0.15) is 40.6 Å². The van der Waals surface area contributed by atoms with Gasteiger partial charge in [0.2, 0.25) is 0 Å². The second kappa shape index (κ2) is 19.1. The number of hydrogen-bond donors (Lipinski definition) is 0. The van der Waals surface area contributed by atoms with Gasteiger partial charge in [0.05, 0.1) is 0 Å². The molecule has 0 bridgehead atoms. The number of fused-ring (bicyclic) bond motifs is 2. The van der Waals surface area contributed by atoms with E-state index >= 15 is 0 Å². The predicted octanol–water partition coefficient (Wildman–Crippen LogP) is 19.6. The molecule has 2 aliphatic rings. The van der Waals surface area contributed by atoms with Crippen molar-refractivity contribution in [1.29, 1.82) is 0 Å². The summed E-state index contributed by atoms with van der Waals surface area (Å²) in [6.45, 7) is 4.92. The van der Waals surface area contributed by atoms with Crippen molar-refractivity contribution < 1.29 is 15.6 Å². The van der Waals surface area contributed by atoms with Gasteiger partial charge >= 0.3 is 437 Å². The maximum absolute atomic E-state index is 9.41. The summed E-state index contributed by atoms with van der Waals surface area (Å²) in [4.78, 5) is 0. The fraction of sp³-hybridized carbons (Fsp3) is 0.0588. The van der Waals surface area contributed by atoms with Crippen LogP contribution in [0.25, 0.3) is 90.1 Å². The molecule has 0 heterocycles. The van der Waals surface area contributed by atoms with E-state index < -0.39 is 21.5 Å². The van der Waals surface area contributed by atoms with E-state index in [1.807, 2.05) is 0 Å². The first-order chi connectivity index (χ1) is 35.3. The molecule has 0 fully saturated rings. The van der Waals surface area contributed by atoms with Crippen molar-refractivity contribution >= 4 is 46.2 Å². The average molecular weight is 1060 g/mol. The molecule has 72 heavy (non-hydrogen) atoms. The zero-order valence-electron chi connectivity index (χ0n) is 40.4. The number of benzene rings is 10. The van der Waals surface area contributed by atoms with Gasteiger partial charge in [-0.25, -0.2) is 0 Å². The van der Waals surface area contributed by atoms with Crippen LogP contribution in [0.5, 0.6) is 0 Å². The summed E-state index contributed by atoms with van der Waals surface area (Å²) in [6, 6.07) is 92.7. The summed E-state index contributed by atoms with van der Waals surface area (Å²) in [5, 5.41) is 0. The molecule has 10 aromatic rings. The van der Waals surface area contributed by atoms with E-state index in [2.05, 4.69) is 280 Å². The Balaban J connectivity index is 1.17. The van der Waals surface area contributed by atoms with Crippen LogP contribution in [0.15, 0.2) is 255 Å². The van der Waals surface area contributed by atoms with Crippen LogP contribution < -0.4 is 0 Å². The van der Waals surface area contributed by atoms with Crippen molar-refractivity contribution in [3.63, 3.8) is 0 Å². The van der Waals surface area contributed by atoms with Crippen LogP contribution in [0.4, 0.5) is 0 Å². The quantitative estimate of drug-likeness (QED) is 0.113. The van der Waals surface area contributed by atoms with Crippen LogP contribution in [0.2, 0.25) is 13.1 Å². The third-order valence-electron chi connectivity index (χ3n) is 15.6. The topological polar surface area (TPSA) is 0 Å². The number of rotatable bonds is 11. The first kappa shape index (κ1) is 46.4. The van der Waals surface area contributed by atoms with E-state index in [0.29, 0.717) is 0 Å². The van der Waals surface area contributed by atoms with Gasteiger partial charge in [-0.1, -0.05) is 0 Å². The summed E-state index contributed by atoms with van der Waals surface area (Å²) in [5.74, 6) is -2.04. The normalized spacial score (nSPS) is 15.5. The van der Waals surface area contributed by atoms with E-state index in [1.165, 1.54) is 111 Å². The molecule has 0 aliphatic heterocycles. The Hall–Kier alpha value is -6.64. The van der Waals surface area contributed by atoms with Crippen molar-refractivity contribution in [1.82, 2.24) is 0 Å². The fourth-order valence-electron chi connectivity index (χ4n) is 12.1. The second-order valence-corrected chi connectivity index (χ2v) is 62.2. The summed E-state index contributed by atoms with van der Waals surface area (Å²) < 4.78 is -0.438. The zero-order chi connectivity index (χ0) is 48.8. The van der Waals surface area contributed by atoms with Gasteiger partial charge < -0.3 is 0 Å². The van der Waals surface area contributed by atoms with Crippen LogP contribution in [-0.2, 0) is 15.6 Å². The van der Waals surface area contributed by atoms with E-state index in [4.69, 9.17) is 0 Å². The van der Waals surface area contributed by atoms with Gasteiger partial charge in [-0.05, 0) is 0 Å². The van der Waals surface area contributed by atoms with Crippen LogP contribution in [0, 0.1) is 0 Å². The molecule has 0 saturated carbocycles. The van der Waals surface area contributed by atoms with Gasteiger partial charge in [0.1, 0.15) is 0 Å². The molecule has 2 atom stereocenters.